The van der Waals surface area contributed by atoms with E-state index in [1.54, 1.807) is 7.11 Å². The van der Waals surface area contributed by atoms with Crippen molar-refractivity contribution in [1.82, 2.24) is 0 Å². The first-order valence-electron chi connectivity index (χ1n) is 8.10. The third-order valence-corrected chi connectivity index (χ3v) is 5.18. The largest absolute Gasteiger partial charge is 0.497 e. The molecule has 0 bridgehead atoms. The van der Waals surface area contributed by atoms with Crippen molar-refractivity contribution in [3.8, 4) is 5.75 Å². The Morgan fingerprint density at radius 3 is 2.76 bits per heavy atom. The van der Waals surface area contributed by atoms with Crippen LogP contribution in [0.2, 0.25) is 0 Å². The molecule has 1 aliphatic rings. The van der Waals surface area contributed by atoms with Gasteiger partial charge in [0.25, 0.3) is 0 Å². The van der Waals surface area contributed by atoms with Crippen LogP contribution in [-0.4, -0.2) is 43.9 Å². The van der Waals surface area contributed by atoms with Crippen LogP contribution >= 0.6 is 0 Å². The summed E-state index contributed by atoms with van der Waals surface area (Å²) in [6.45, 7) is 4.32. The molecule has 1 saturated carbocycles. The molecule has 0 amide bonds. The average molecular weight is 292 g/mol. The van der Waals surface area contributed by atoms with Crippen molar-refractivity contribution in [1.29, 1.82) is 0 Å². The second-order valence-corrected chi connectivity index (χ2v) is 7.03. The first kappa shape index (κ1) is 16.3. The summed E-state index contributed by atoms with van der Waals surface area (Å²) >= 11 is 0. The van der Waals surface area contributed by atoms with Gasteiger partial charge in [0.2, 0.25) is 0 Å². The van der Waals surface area contributed by atoms with Crippen LogP contribution < -0.4 is 4.74 Å². The fourth-order valence-electron chi connectivity index (χ4n) is 3.47. The summed E-state index contributed by atoms with van der Waals surface area (Å²) in [5.41, 5.74) is 0.306. The summed E-state index contributed by atoms with van der Waals surface area (Å²) in [5.74, 6) is 1.14. The highest BCUT2D eigenvalue weighted by atomic mass is 16.5. The van der Waals surface area contributed by atoms with Crippen molar-refractivity contribution in [3.63, 3.8) is 0 Å². The molecule has 0 aliphatic heterocycles. The Bertz CT molecular complexity index is 472. The number of methoxy groups -OCH3 is 1. The molecule has 1 fully saturated rings. The highest BCUT2D eigenvalue weighted by Crippen LogP contribution is 2.43. The van der Waals surface area contributed by atoms with Gasteiger partial charge < -0.3 is 14.3 Å². The van der Waals surface area contributed by atoms with Crippen LogP contribution in [-0.2, 0) is 5.60 Å². The molecule has 3 nitrogen and oxygen atoms in total. The van der Waals surface area contributed by atoms with Crippen LogP contribution in [0.1, 0.15) is 38.2 Å². The molecule has 3 heteroatoms. The fraction of sp³-hybridized carbons (Fsp3) is 0.667. The molecular weight excluding hydrogens is 262 g/mol. The minimum Gasteiger partial charge on any atom is -0.497 e. The second-order valence-electron chi connectivity index (χ2n) is 7.03. The maximum absolute atomic E-state index is 11.4. The molecule has 2 atom stereocenters. The third-order valence-electron chi connectivity index (χ3n) is 5.18. The zero-order valence-corrected chi connectivity index (χ0v) is 13.9. The minimum absolute atomic E-state index is 0.313. The molecule has 1 aromatic carbocycles. The average Bonchev–Trinajstić information content (AvgIpc) is 2.49. The predicted octanol–water partition coefficient (Wildman–Crippen LogP) is 3.17. The van der Waals surface area contributed by atoms with E-state index in [4.69, 9.17) is 4.74 Å². The quantitative estimate of drug-likeness (QED) is 0.845. The van der Waals surface area contributed by atoms with Crippen molar-refractivity contribution in [2.75, 3.05) is 34.3 Å². The fourth-order valence-corrected chi connectivity index (χ4v) is 3.47. The lowest BCUT2D eigenvalue weighted by Crippen LogP contribution is -2.50. The number of nitrogens with zero attached hydrogens (tertiary/aromatic N) is 1. The summed E-state index contributed by atoms with van der Waals surface area (Å²) < 4.78 is 6.29. The normalized spacial score (nSPS) is 26.6. The molecule has 0 aromatic heterocycles. The van der Waals surface area contributed by atoms with Crippen LogP contribution in [0.5, 0.6) is 5.75 Å². The van der Waals surface area contributed by atoms with Crippen LogP contribution in [0.3, 0.4) is 0 Å². The molecule has 1 aromatic rings. The van der Waals surface area contributed by atoms with E-state index in [2.05, 4.69) is 21.0 Å². The maximum atomic E-state index is 11.4. The van der Waals surface area contributed by atoms with E-state index in [0.717, 1.165) is 48.1 Å². The van der Waals surface area contributed by atoms with Gasteiger partial charge in [0.15, 0.2) is 0 Å². The maximum Gasteiger partial charge on any atom is 0.119 e. The summed E-state index contributed by atoms with van der Waals surface area (Å²) in [6.07, 6.45) is 4.29. The summed E-state index contributed by atoms with van der Waals surface area (Å²) in [7, 11) is 6.18. The molecule has 0 radical (unpaired) electrons. The van der Waals surface area contributed by atoms with Gasteiger partial charge in [-0.3, -0.25) is 0 Å². The minimum atomic E-state index is -0.711. The van der Waals surface area contributed by atoms with E-state index < -0.39 is 5.60 Å². The topological polar surface area (TPSA) is 29.5 Å². The number of aliphatic hydroxyl groups is 1. The van der Waals surface area contributed by atoms with Crippen LogP contribution in [0.25, 0.3) is 0 Å². The van der Waals surface area contributed by atoms with Crippen LogP contribution in [0, 0.1) is 5.92 Å². The first-order chi connectivity index (χ1) is 9.91. The van der Waals surface area contributed by atoms with Crippen molar-refractivity contribution in [3.05, 3.63) is 29.8 Å². The number of hydrogen-bond acceptors (Lipinski definition) is 2. The van der Waals surface area contributed by atoms with Gasteiger partial charge in [-0.05, 0) is 37.5 Å². The van der Waals surface area contributed by atoms with Crippen molar-refractivity contribution < 1.29 is 14.3 Å². The smallest absolute Gasteiger partial charge is 0.119 e. The van der Waals surface area contributed by atoms with Gasteiger partial charge in [0.05, 0.1) is 39.9 Å². The Kier molecular flexibility index (Phi) is 4.95. The molecule has 118 valence electrons. The number of quaternary nitrogens is 1. The summed E-state index contributed by atoms with van der Waals surface area (Å²) in [4.78, 5) is 0. The first-order valence-corrected chi connectivity index (χ1v) is 8.10. The highest BCUT2D eigenvalue weighted by Gasteiger charge is 2.43. The van der Waals surface area contributed by atoms with Gasteiger partial charge >= 0.3 is 0 Å². The van der Waals surface area contributed by atoms with E-state index in [9.17, 15) is 5.11 Å². The predicted molar refractivity (Wildman–Crippen MR) is 86.4 cm³/mol. The molecule has 21 heavy (non-hydrogen) atoms. The molecule has 1 unspecified atom stereocenters. The van der Waals surface area contributed by atoms with E-state index in [1.165, 1.54) is 6.42 Å². The molecule has 1 N–H and O–H groups in total. The monoisotopic (exact) mass is 292 g/mol. The van der Waals surface area contributed by atoms with Gasteiger partial charge in [-0.1, -0.05) is 25.0 Å². The van der Waals surface area contributed by atoms with Crippen molar-refractivity contribution >= 4 is 0 Å². The van der Waals surface area contributed by atoms with Gasteiger partial charge in [0, 0.05) is 5.92 Å². The van der Waals surface area contributed by atoms with Crippen molar-refractivity contribution in [2.45, 2.75) is 38.2 Å². The number of rotatable bonds is 5. The van der Waals surface area contributed by atoms with Gasteiger partial charge in [-0.15, -0.1) is 0 Å². The number of benzene rings is 1. The Morgan fingerprint density at radius 2 is 2.10 bits per heavy atom. The lowest BCUT2D eigenvalue weighted by molar-refractivity contribution is -0.893. The summed E-state index contributed by atoms with van der Waals surface area (Å²) in [5, 5.41) is 11.4. The molecule has 0 saturated heterocycles. The lowest BCUT2D eigenvalue weighted by atomic mass is 9.71. The van der Waals surface area contributed by atoms with Gasteiger partial charge in [0.1, 0.15) is 5.75 Å². The molecule has 0 spiro atoms. The van der Waals surface area contributed by atoms with Gasteiger partial charge in [-0.2, -0.15) is 0 Å². The number of ether oxygens (including phenoxy) is 1. The van der Waals surface area contributed by atoms with E-state index in [-0.39, 0.29) is 0 Å². The Balaban J connectivity index is 2.30. The van der Waals surface area contributed by atoms with E-state index >= 15 is 0 Å². The highest BCUT2D eigenvalue weighted by molar-refractivity contribution is 5.33. The Hall–Kier alpha value is -1.06. The molecule has 2 rings (SSSR count). The SMILES string of the molecule is CC[N+](C)(C)CC1CCCC[C@]1(O)c1cccc(OC)c1. The van der Waals surface area contributed by atoms with Crippen LogP contribution in [0.4, 0.5) is 0 Å². The summed E-state index contributed by atoms with van der Waals surface area (Å²) in [6, 6.07) is 7.98. The zero-order valence-electron chi connectivity index (χ0n) is 13.9. The number of hydrogen-bond donors (Lipinski definition) is 1. The van der Waals surface area contributed by atoms with E-state index in [0.29, 0.717) is 5.92 Å². The van der Waals surface area contributed by atoms with Gasteiger partial charge in [-0.25, -0.2) is 0 Å². The Morgan fingerprint density at radius 1 is 1.33 bits per heavy atom. The molecule has 1 aliphatic carbocycles. The van der Waals surface area contributed by atoms with Crippen molar-refractivity contribution in [2.24, 2.45) is 5.92 Å². The molecular formula is C18H30NO2+. The molecule has 0 heterocycles. The van der Waals surface area contributed by atoms with Crippen LogP contribution in [0.15, 0.2) is 24.3 Å². The lowest BCUT2D eigenvalue weighted by Gasteiger charge is -2.44. The standard InChI is InChI=1S/C18H30NO2/c1-5-19(2,3)14-16-9-6-7-12-18(16,20)15-10-8-11-17(13-15)21-4/h8,10-11,13,16,20H,5-7,9,12,14H2,1-4H3/q+1/t16?,18-/m0/s1. The third kappa shape index (κ3) is 3.58. The Labute approximate surface area is 129 Å². The second kappa shape index (κ2) is 6.37. The zero-order chi connectivity index (χ0) is 15.5. The van der Waals surface area contributed by atoms with E-state index in [1.807, 2.05) is 24.3 Å².